The number of carbonyl (C=O) groups excluding carboxylic acids is 2. The predicted octanol–water partition coefficient (Wildman–Crippen LogP) is 4.71. The van der Waals surface area contributed by atoms with Gasteiger partial charge in [0.1, 0.15) is 23.2 Å². The summed E-state index contributed by atoms with van der Waals surface area (Å²) < 4.78 is 11.6. The van der Waals surface area contributed by atoms with E-state index in [0.29, 0.717) is 19.4 Å². The summed E-state index contributed by atoms with van der Waals surface area (Å²) >= 11 is 0. The number of anilines is 1. The lowest BCUT2D eigenvalue weighted by Crippen LogP contribution is -2.40. The molecule has 0 radical (unpaired) electrons. The summed E-state index contributed by atoms with van der Waals surface area (Å²) in [6.45, 7) is 8.66. The molecule has 1 aliphatic heterocycles. The highest BCUT2D eigenvalue weighted by atomic mass is 16.6. The van der Waals surface area contributed by atoms with Crippen molar-refractivity contribution in [1.82, 2.24) is 0 Å². The summed E-state index contributed by atoms with van der Waals surface area (Å²) in [5.74, 6) is 0.721. The van der Waals surface area contributed by atoms with Gasteiger partial charge in [-0.25, -0.2) is 0 Å². The van der Waals surface area contributed by atoms with Crippen molar-refractivity contribution in [2.75, 3.05) is 11.4 Å². The molecule has 5 nitrogen and oxygen atoms in total. The van der Waals surface area contributed by atoms with Gasteiger partial charge in [-0.2, -0.15) is 0 Å². The van der Waals surface area contributed by atoms with Crippen LogP contribution in [0.3, 0.4) is 0 Å². The van der Waals surface area contributed by atoms with Crippen LogP contribution in [-0.2, 0) is 27.3 Å². The topological polar surface area (TPSA) is 55.8 Å². The Morgan fingerprint density at radius 3 is 2.50 bits per heavy atom. The zero-order valence-corrected chi connectivity index (χ0v) is 18.3. The molecule has 2 aromatic rings. The number of nitrogens with zero attached hydrogens (tertiary/aromatic N) is 1. The van der Waals surface area contributed by atoms with Gasteiger partial charge in [0.25, 0.3) is 0 Å². The van der Waals surface area contributed by atoms with Crippen LogP contribution in [0.1, 0.15) is 51.7 Å². The minimum atomic E-state index is -0.502. The van der Waals surface area contributed by atoms with Crippen LogP contribution in [0.4, 0.5) is 5.69 Å². The maximum atomic E-state index is 12.3. The molecule has 0 aliphatic carbocycles. The van der Waals surface area contributed by atoms with Crippen LogP contribution in [0, 0.1) is 0 Å². The molecule has 0 bridgehead atoms. The molecule has 5 heteroatoms. The van der Waals surface area contributed by atoms with Gasteiger partial charge in [0.2, 0.25) is 0 Å². The van der Waals surface area contributed by atoms with Crippen molar-refractivity contribution < 1.29 is 19.1 Å². The summed E-state index contributed by atoms with van der Waals surface area (Å²) in [5, 5.41) is 0. The third-order valence-corrected chi connectivity index (χ3v) is 4.88. The van der Waals surface area contributed by atoms with Crippen LogP contribution in [0.5, 0.6) is 5.75 Å². The smallest absolute Gasteiger partial charge is 0.310 e. The summed E-state index contributed by atoms with van der Waals surface area (Å²) in [7, 11) is 0. The Hall–Kier alpha value is -2.82. The van der Waals surface area contributed by atoms with Gasteiger partial charge in [-0.3, -0.25) is 4.79 Å². The highest BCUT2D eigenvalue weighted by Gasteiger charge is 2.27. The molecule has 0 amide bonds. The fourth-order valence-electron chi connectivity index (χ4n) is 3.59. The Kier molecular flexibility index (Phi) is 6.80. The summed E-state index contributed by atoms with van der Waals surface area (Å²) in [4.78, 5) is 26.0. The molecule has 30 heavy (non-hydrogen) atoms. The number of esters is 1. The van der Waals surface area contributed by atoms with Crippen LogP contribution in [0.25, 0.3) is 0 Å². The number of rotatable bonds is 7. The minimum Gasteiger partial charge on any atom is -0.486 e. The van der Waals surface area contributed by atoms with Crippen LogP contribution >= 0.6 is 0 Å². The first-order chi connectivity index (χ1) is 14.2. The van der Waals surface area contributed by atoms with E-state index >= 15 is 0 Å². The number of hydrogen-bond donors (Lipinski definition) is 0. The van der Waals surface area contributed by atoms with Crippen molar-refractivity contribution in [1.29, 1.82) is 0 Å². The Morgan fingerprint density at radius 2 is 1.83 bits per heavy atom. The number of benzene rings is 2. The molecule has 3 rings (SSSR count). The number of carbonyl (C=O) groups is 2. The molecule has 1 heterocycles. The first-order valence-corrected chi connectivity index (χ1v) is 10.5. The number of hydrogen-bond acceptors (Lipinski definition) is 5. The van der Waals surface area contributed by atoms with Crippen LogP contribution in [0.15, 0.2) is 48.5 Å². The van der Waals surface area contributed by atoms with Gasteiger partial charge in [-0.05, 0) is 57.4 Å². The fraction of sp³-hybridized carbons (Fsp3) is 0.440. The normalized spacial score (nSPS) is 15.9. The van der Waals surface area contributed by atoms with Crippen molar-refractivity contribution >= 4 is 17.4 Å². The lowest BCUT2D eigenvalue weighted by molar-refractivity contribution is -0.153. The average Bonchev–Trinajstić information content (AvgIpc) is 2.66. The van der Waals surface area contributed by atoms with Crippen molar-refractivity contribution in [2.24, 2.45) is 0 Å². The van der Waals surface area contributed by atoms with Crippen molar-refractivity contribution in [2.45, 2.75) is 65.2 Å². The van der Waals surface area contributed by atoms with E-state index in [4.69, 9.17) is 9.47 Å². The first-order valence-electron chi connectivity index (χ1n) is 10.5. The van der Waals surface area contributed by atoms with Gasteiger partial charge >= 0.3 is 5.97 Å². The molecule has 0 aromatic heterocycles. The zero-order chi connectivity index (χ0) is 21.7. The minimum absolute atomic E-state index is 0.0400. The van der Waals surface area contributed by atoms with Gasteiger partial charge in [-0.15, -0.1) is 0 Å². The van der Waals surface area contributed by atoms with E-state index in [1.165, 1.54) is 5.56 Å². The monoisotopic (exact) mass is 409 g/mol. The third kappa shape index (κ3) is 6.34. The van der Waals surface area contributed by atoms with Crippen molar-refractivity contribution in [3.05, 3.63) is 59.7 Å². The Morgan fingerprint density at radius 1 is 1.10 bits per heavy atom. The van der Waals surface area contributed by atoms with E-state index < -0.39 is 5.60 Å². The molecule has 1 aliphatic rings. The second-order valence-corrected chi connectivity index (χ2v) is 8.91. The second-order valence-electron chi connectivity index (χ2n) is 8.91. The van der Waals surface area contributed by atoms with E-state index in [1.807, 2.05) is 57.2 Å². The molecule has 2 aromatic carbocycles. The van der Waals surface area contributed by atoms with Gasteiger partial charge in [0.05, 0.1) is 18.7 Å². The second kappa shape index (κ2) is 9.33. The van der Waals surface area contributed by atoms with E-state index in [0.717, 1.165) is 23.5 Å². The molecule has 1 atom stereocenters. The van der Waals surface area contributed by atoms with Gasteiger partial charge in [-0.1, -0.05) is 36.4 Å². The predicted molar refractivity (Wildman–Crippen MR) is 118 cm³/mol. The third-order valence-electron chi connectivity index (χ3n) is 4.88. The van der Waals surface area contributed by atoms with Gasteiger partial charge in [0.15, 0.2) is 0 Å². The summed E-state index contributed by atoms with van der Waals surface area (Å²) in [6, 6.07) is 16.1. The molecule has 0 N–H and O–H groups in total. The van der Waals surface area contributed by atoms with E-state index in [-0.39, 0.29) is 24.3 Å². The Bertz CT molecular complexity index is 886. The number of Topliss-reactive ketones (excluding diaryl/α,β-unsaturated/α-hetero) is 1. The van der Waals surface area contributed by atoms with Crippen LogP contribution in [0.2, 0.25) is 0 Å². The number of ether oxygens (including phenoxy) is 2. The quantitative estimate of drug-likeness (QED) is 0.620. The average molecular weight is 410 g/mol. The Balaban J connectivity index is 1.82. The largest absolute Gasteiger partial charge is 0.486 e. The molecule has 160 valence electrons. The van der Waals surface area contributed by atoms with E-state index in [1.54, 1.807) is 6.92 Å². The lowest BCUT2D eigenvalue weighted by atomic mass is 10.0. The van der Waals surface area contributed by atoms with Crippen molar-refractivity contribution in [3.63, 3.8) is 0 Å². The van der Waals surface area contributed by atoms with E-state index in [9.17, 15) is 9.59 Å². The number of ketones is 1. The maximum absolute atomic E-state index is 12.3. The standard InChI is InChI=1S/C25H31NO4/c1-18(27)10-12-21-17-26(16-19-8-6-5-7-9-19)22-14-20(11-13-23(22)29-21)15-24(28)30-25(2,3)4/h5-9,11,13-14,21H,10,12,15-17H2,1-4H3/t21-/m0/s1. The SMILES string of the molecule is CC(=O)CC[C@H]1CN(Cc2ccccc2)c2cc(CC(=O)OC(C)(C)C)ccc2O1. The van der Waals surface area contributed by atoms with Crippen LogP contribution < -0.4 is 9.64 Å². The maximum Gasteiger partial charge on any atom is 0.310 e. The van der Waals surface area contributed by atoms with Crippen LogP contribution in [-0.4, -0.2) is 30.0 Å². The van der Waals surface area contributed by atoms with Crippen molar-refractivity contribution in [3.8, 4) is 5.75 Å². The molecule has 0 fully saturated rings. The Labute approximate surface area is 179 Å². The summed E-state index contributed by atoms with van der Waals surface area (Å²) in [5.41, 5.74) is 2.57. The molecular weight excluding hydrogens is 378 g/mol. The van der Waals surface area contributed by atoms with Gasteiger partial charge < -0.3 is 19.2 Å². The fourth-order valence-corrected chi connectivity index (χ4v) is 3.59. The lowest BCUT2D eigenvalue weighted by Gasteiger charge is -2.37. The zero-order valence-electron chi connectivity index (χ0n) is 18.3. The summed E-state index contributed by atoms with van der Waals surface area (Å²) in [6.07, 6.45) is 1.38. The molecular formula is C25H31NO4. The molecule has 0 spiro atoms. The number of fused-ring (bicyclic) bond motifs is 1. The van der Waals surface area contributed by atoms with Gasteiger partial charge in [0, 0.05) is 13.0 Å². The highest BCUT2D eigenvalue weighted by Crippen LogP contribution is 2.36. The first kappa shape index (κ1) is 21.9. The molecule has 0 unspecified atom stereocenters. The molecule has 0 saturated heterocycles. The highest BCUT2D eigenvalue weighted by molar-refractivity contribution is 5.76. The van der Waals surface area contributed by atoms with E-state index in [2.05, 4.69) is 17.0 Å². The molecule has 0 saturated carbocycles.